The van der Waals surface area contributed by atoms with Crippen LogP contribution < -0.4 is 5.73 Å². The minimum atomic E-state index is -4.39. The van der Waals surface area contributed by atoms with Gasteiger partial charge in [0.2, 0.25) is 0 Å². The second-order valence-corrected chi connectivity index (χ2v) is 26.6. The Kier molecular flexibility index (Phi) is 68.3. The highest BCUT2D eigenvalue weighted by Crippen LogP contribution is 2.43. The summed E-state index contributed by atoms with van der Waals surface area (Å²) in [4.78, 5) is 35.4. The summed E-state index contributed by atoms with van der Waals surface area (Å²) in [5, 5.41) is 0. The zero-order chi connectivity index (χ0) is 60.1. The van der Waals surface area contributed by atoms with Crippen molar-refractivity contribution in [3.05, 3.63) is 24.3 Å². The molecule has 0 rings (SSSR count). The Bertz CT molecular complexity index is 1410. The van der Waals surface area contributed by atoms with Crippen molar-refractivity contribution in [2.75, 3.05) is 26.4 Å². The first-order valence-corrected chi connectivity index (χ1v) is 38.3. The largest absolute Gasteiger partial charge is 0.472 e. The van der Waals surface area contributed by atoms with E-state index in [1.165, 1.54) is 327 Å². The third-order valence-electron chi connectivity index (χ3n) is 16.8. The highest BCUT2D eigenvalue weighted by atomic mass is 31.2. The summed E-state index contributed by atoms with van der Waals surface area (Å²) in [5.74, 6) is -0.803. The summed E-state index contributed by atoms with van der Waals surface area (Å²) >= 11 is 0. The van der Waals surface area contributed by atoms with Gasteiger partial charge in [-0.2, -0.15) is 0 Å². The lowest BCUT2D eigenvalue weighted by Gasteiger charge is -2.19. The quantitative estimate of drug-likeness (QED) is 0.0264. The molecule has 0 amide bonds. The van der Waals surface area contributed by atoms with Gasteiger partial charge in [0.15, 0.2) is 6.10 Å². The van der Waals surface area contributed by atoms with E-state index in [1.54, 1.807) is 0 Å². The lowest BCUT2D eigenvalue weighted by atomic mass is 10.0. The van der Waals surface area contributed by atoms with Gasteiger partial charge in [-0.05, 0) is 44.9 Å². The van der Waals surface area contributed by atoms with Crippen molar-refractivity contribution >= 4 is 19.8 Å². The molecule has 0 aromatic rings. The molecular formula is C73H142NO8P. The first-order valence-electron chi connectivity index (χ1n) is 36.8. The number of ether oxygens (including phenoxy) is 2. The predicted octanol–water partition coefficient (Wildman–Crippen LogP) is 24.1. The Balaban J connectivity index is 3.77. The average molecular weight is 1190 g/mol. The number of unbranched alkanes of at least 4 members (excludes halogenated alkanes) is 54. The number of hydrogen-bond acceptors (Lipinski definition) is 8. The van der Waals surface area contributed by atoms with E-state index in [1.807, 2.05) is 0 Å². The van der Waals surface area contributed by atoms with Crippen molar-refractivity contribution in [3.8, 4) is 0 Å². The fourth-order valence-corrected chi connectivity index (χ4v) is 12.1. The lowest BCUT2D eigenvalue weighted by molar-refractivity contribution is -0.161. The molecule has 0 aromatic heterocycles. The highest BCUT2D eigenvalue weighted by molar-refractivity contribution is 7.47. The van der Waals surface area contributed by atoms with E-state index in [2.05, 4.69) is 38.2 Å². The van der Waals surface area contributed by atoms with Crippen LogP contribution in [0, 0.1) is 0 Å². The standard InChI is InChI=1S/C73H142NO8P/c1-3-5-7-9-11-13-15-17-19-21-23-25-27-29-31-32-33-34-35-36-37-38-40-41-43-45-47-49-51-53-55-57-59-61-63-65-72(75)79-69-71(70-81-83(77,78)80-68-67-74)82-73(76)66-64-62-60-58-56-54-52-50-48-46-44-42-39-30-28-26-24-22-20-18-16-14-12-10-8-6-4-2/h16,18,22,24,71H,3-15,17,19-21,23,25-70,74H2,1-2H3,(H,77,78)/b18-16-,24-22-. The lowest BCUT2D eigenvalue weighted by Crippen LogP contribution is -2.29. The molecule has 0 aliphatic carbocycles. The monoisotopic (exact) mass is 1190 g/mol. The molecule has 0 saturated carbocycles. The minimum absolute atomic E-state index is 0.0565. The van der Waals surface area contributed by atoms with Gasteiger partial charge in [-0.3, -0.25) is 18.6 Å². The van der Waals surface area contributed by atoms with Gasteiger partial charge in [0.25, 0.3) is 0 Å². The first-order chi connectivity index (χ1) is 40.8. The van der Waals surface area contributed by atoms with E-state index in [0.29, 0.717) is 6.42 Å². The van der Waals surface area contributed by atoms with E-state index in [4.69, 9.17) is 24.3 Å². The number of allylic oxidation sites excluding steroid dienone is 4. The Labute approximate surface area is 516 Å². The van der Waals surface area contributed by atoms with Gasteiger partial charge in [-0.25, -0.2) is 4.57 Å². The number of esters is 2. The van der Waals surface area contributed by atoms with Crippen LogP contribution in [0.4, 0.5) is 0 Å². The summed E-state index contributed by atoms with van der Waals surface area (Å²) in [6, 6.07) is 0. The summed E-state index contributed by atoms with van der Waals surface area (Å²) < 4.78 is 33.2. The van der Waals surface area contributed by atoms with Crippen LogP contribution in [0.1, 0.15) is 399 Å². The molecule has 2 unspecified atom stereocenters. The molecule has 0 spiro atoms. The molecule has 0 fully saturated rings. The smallest absolute Gasteiger partial charge is 0.462 e. The summed E-state index contributed by atoms with van der Waals surface area (Å²) in [6.45, 7) is 3.82. The SMILES string of the molecule is CCCCCCC/C=C\C/C=C\CCCCCCCCCCCCCCCCCC(=O)OC(COC(=O)CCCCCCCCCCCCCCCCCCCCCCCCCCCCCCCCCCCCC)COP(=O)(O)OCCN. The van der Waals surface area contributed by atoms with Gasteiger partial charge in [0, 0.05) is 19.4 Å². The molecule has 10 heteroatoms. The Morgan fingerprint density at radius 2 is 0.627 bits per heavy atom. The molecule has 2 atom stereocenters. The normalized spacial score (nSPS) is 13.0. The third kappa shape index (κ3) is 69.5. The second kappa shape index (κ2) is 69.6. The fourth-order valence-electron chi connectivity index (χ4n) is 11.4. The van der Waals surface area contributed by atoms with Crippen LogP contribution >= 0.6 is 7.82 Å². The molecule has 0 heterocycles. The Morgan fingerprint density at radius 1 is 0.361 bits per heavy atom. The van der Waals surface area contributed by atoms with Crippen molar-refractivity contribution in [2.45, 2.75) is 405 Å². The minimum Gasteiger partial charge on any atom is -0.462 e. The number of hydrogen-bond donors (Lipinski definition) is 2. The van der Waals surface area contributed by atoms with Crippen molar-refractivity contribution < 1.29 is 37.6 Å². The molecule has 9 nitrogen and oxygen atoms in total. The molecule has 0 bridgehead atoms. The van der Waals surface area contributed by atoms with Crippen LogP contribution in [-0.2, 0) is 32.7 Å². The number of phosphoric acid groups is 1. The average Bonchev–Trinajstić information content (AvgIpc) is 3.48. The van der Waals surface area contributed by atoms with Gasteiger partial charge < -0.3 is 20.1 Å². The zero-order valence-electron chi connectivity index (χ0n) is 55.5. The molecule has 0 aromatic carbocycles. The first kappa shape index (κ1) is 81.5. The van der Waals surface area contributed by atoms with E-state index in [0.717, 1.165) is 38.5 Å². The Hall–Kier alpha value is -1.51. The van der Waals surface area contributed by atoms with Crippen LogP contribution in [0.15, 0.2) is 24.3 Å². The number of carbonyl (C=O) groups is 2. The number of rotatable bonds is 71. The molecule has 83 heavy (non-hydrogen) atoms. The fraction of sp³-hybridized carbons (Fsp3) is 0.918. The van der Waals surface area contributed by atoms with Crippen molar-refractivity contribution in [1.29, 1.82) is 0 Å². The summed E-state index contributed by atoms with van der Waals surface area (Å²) in [7, 11) is -4.39. The maximum atomic E-state index is 12.8. The molecule has 0 aliphatic heterocycles. The topological polar surface area (TPSA) is 134 Å². The highest BCUT2D eigenvalue weighted by Gasteiger charge is 2.26. The zero-order valence-corrected chi connectivity index (χ0v) is 56.4. The van der Waals surface area contributed by atoms with Crippen molar-refractivity contribution in [2.24, 2.45) is 5.73 Å². The second-order valence-electron chi connectivity index (χ2n) is 25.2. The van der Waals surface area contributed by atoms with Gasteiger partial charge in [-0.1, -0.05) is 366 Å². The van der Waals surface area contributed by atoms with Gasteiger partial charge in [0.05, 0.1) is 13.2 Å². The molecule has 0 radical (unpaired) electrons. The molecule has 3 N–H and O–H groups in total. The molecular weight excluding hydrogens is 1050 g/mol. The maximum Gasteiger partial charge on any atom is 0.472 e. The van der Waals surface area contributed by atoms with Crippen LogP contribution in [0.2, 0.25) is 0 Å². The van der Waals surface area contributed by atoms with E-state index < -0.39 is 26.5 Å². The van der Waals surface area contributed by atoms with Crippen LogP contribution in [0.25, 0.3) is 0 Å². The van der Waals surface area contributed by atoms with Gasteiger partial charge >= 0.3 is 19.8 Å². The van der Waals surface area contributed by atoms with Crippen LogP contribution in [0.3, 0.4) is 0 Å². The van der Waals surface area contributed by atoms with Gasteiger partial charge in [-0.15, -0.1) is 0 Å². The molecule has 0 aliphatic rings. The van der Waals surface area contributed by atoms with Crippen LogP contribution in [-0.4, -0.2) is 49.3 Å². The summed E-state index contributed by atoms with van der Waals surface area (Å²) in [6.07, 6.45) is 85.8. The number of nitrogens with two attached hydrogens (primary N) is 1. The maximum absolute atomic E-state index is 12.8. The summed E-state index contributed by atoms with van der Waals surface area (Å²) in [5.41, 5.74) is 5.41. The molecule has 492 valence electrons. The van der Waals surface area contributed by atoms with Crippen molar-refractivity contribution in [1.82, 2.24) is 0 Å². The number of phosphoric ester groups is 1. The predicted molar refractivity (Wildman–Crippen MR) is 358 cm³/mol. The van der Waals surface area contributed by atoms with E-state index >= 15 is 0 Å². The van der Waals surface area contributed by atoms with Crippen molar-refractivity contribution in [3.63, 3.8) is 0 Å². The third-order valence-corrected chi connectivity index (χ3v) is 17.8. The number of carbonyl (C=O) groups excluding carboxylic acids is 2. The van der Waals surface area contributed by atoms with E-state index in [9.17, 15) is 19.0 Å². The molecule has 0 saturated heterocycles. The van der Waals surface area contributed by atoms with Crippen LogP contribution in [0.5, 0.6) is 0 Å². The Morgan fingerprint density at radius 3 is 0.916 bits per heavy atom. The van der Waals surface area contributed by atoms with Gasteiger partial charge in [0.1, 0.15) is 6.61 Å². The van der Waals surface area contributed by atoms with E-state index in [-0.39, 0.29) is 38.6 Å².